The van der Waals surface area contributed by atoms with Crippen LogP contribution in [0.2, 0.25) is 5.02 Å². The lowest BCUT2D eigenvalue weighted by Crippen LogP contribution is -2.22. The van der Waals surface area contributed by atoms with Gasteiger partial charge in [0.25, 0.3) is 5.56 Å². The molecule has 3 rings (SSSR count). The standard InChI is InChI=1S/C20H17BrClN3O3/c1-3-4-19-24-17-7-5-14(21)10-16(17)20(27)25(19)23-11-13-9-15(22)6-8-18(13)28-12(2)26/h5-11H,3-4H2,1-2H3. The molecule has 0 radical (unpaired) electrons. The van der Waals surface area contributed by atoms with E-state index in [0.717, 1.165) is 10.9 Å². The Hall–Kier alpha value is -2.51. The quantitative estimate of drug-likeness (QED) is 0.316. The Kier molecular flexibility index (Phi) is 6.26. The van der Waals surface area contributed by atoms with Crippen LogP contribution in [0.3, 0.4) is 0 Å². The van der Waals surface area contributed by atoms with E-state index in [1.165, 1.54) is 17.8 Å². The van der Waals surface area contributed by atoms with Gasteiger partial charge < -0.3 is 4.74 Å². The lowest BCUT2D eigenvalue weighted by atomic mass is 10.2. The Balaban J connectivity index is 2.15. The fourth-order valence-corrected chi connectivity index (χ4v) is 3.23. The number of esters is 1. The van der Waals surface area contributed by atoms with E-state index in [2.05, 4.69) is 26.0 Å². The number of carbonyl (C=O) groups excluding carboxylic acids is 1. The van der Waals surface area contributed by atoms with Gasteiger partial charge in [0.05, 0.1) is 17.1 Å². The molecule has 0 atom stereocenters. The molecule has 0 bridgehead atoms. The second kappa shape index (κ2) is 8.67. The van der Waals surface area contributed by atoms with Crippen molar-refractivity contribution in [1.82, 2.24) is 9.66 Å². The van der Waals surface area contributed by atoms with Gasteiger partial charge in [0.15, 0.2) is 0 Å². The molecule has 144 valence electrons. The van der Waals surface area contributed by atoms with Crippen LogP contribution in [0.25, 0.3) is 10.9 Å². The highest BCUT2D eigenvalue weighted by Crippen LogP contribution is 2.22. The van der Waals surface area contributed by atoms with Gasteiger partial charge in [0.2, 0.25) is 0 Å². The van der Waals surface area contributed by atoms with Gasteiger partial charge in [-0.3, -0.25) is 9.59 Å². The first-order valence-corrected chi connectivity index (χ1v) is 9.79. The Morgan fingerprint density at radius 1 is 1.32 bits per heavy atom. The molecule has 0 spiro atoms. The maximum Gasteiger partial charge on any atom is 0.308 e. The summed E-state index contributed by atoms with van der Waals surface area (Å²) >= 11 is 9.43. The van der Waals surface area contributed by atoms with Gasteiger partial charge in [-0.1, -0.05) is 34.5 Å². The smallest absolute Gasteiger partial charge is 0.308 e. The Morgan fingerprint density at radius 3 is 2.82 bits per heavy atom. The maximum atomic E-state index is 13.0. The highest BCUT2D eigenvalue weighted by molar-refractivity contribution is 9.10. The Morgan fingerprint density at radius 2 is 2.11 bits per heavy atom. The van der Waals surface area contributed by atoms with Gasteiger partial charge in [-0.25, -0.2) is 4.98 Å². The van der Waals surface area contributed by atoms with Crippen LogP contribution in [-0.2, 0) is 11.2 Å². The molecule has 0 unspecified atom stereocenters. The van der Waals surface area contributed by atoms with Crippen LogP contribution in [0.5, 0.6) is 5.75 Å². The number of rotatable bonds is 5. The van der Waals surface area contributed by atoms with E-state index < -0.39 is 5.97 Å². The fraction of sp³-hybridized carbons (Fsp3) is 0.200. The first-order valence-electron chi connectivity index (χ1n) is 8.62. The minimum absolute atomic E-state index is 0.276. The Labute approximate surface area is 174 Å². The van der Waals surface area contributed by atoms with E-state index in [1.807, 2.05) is 13.0 Å². The summed E-state index contributed by atoms with van der Waals surface area (Å²) in [6.45, 7) is 3.31. The molecule has 0 aliphatic heterocycles. The van der Waals surface area contributed by atoms with Gasteiger partial charge in [0, 0.05) is 28.4 Å². The number of halogens is 2. The van der Waals surface area contributed by atoms with Gasteiger partial charge in [0.1, 0.15) is 11.6 Å². The monoisotopic (exact) mass is 461 g/mol. The van der Waals surface area contributed by atoms with Gasteiger partial charge >= 0.3 is 5.97 Å². The van der Waals surface area contributed by atoms with E-state index in [0.29, 0.717) is 39.5 Å². The second-order valence-corrected chi connectivity index (χ2v) is 7.43. The summed E-state index contributed by atoms with van der Waals surface area (Å²) in [6.07, 6.45) is 2.83. The van der Waals surface area contributed by atoms with Gasteiger partial charge in [-0.05, 0) is 42.8 Å². The van der Waals surface area contributed by atoms with Crippen molar-refractivity contribution < 1.29 is 9.53 Å². The molecule has 2 aromatic carbocycles. The summed E-state index contributed by atoms with van der Waals surface area (Å²) in [7, 11) is 0. The summed E-state index contributed by atoms with van der Waals surface area (Å²) in [5, 5.41) is 5.25. The number of carbonyl (C=O) groups is 1. The SMILES string of the molecule is CCCc1nc2ccc(Br)cc2c(=O)n1N=Cc1cc(Cl)ccc1OC(C)=O. The third kappa shape index (κ3) is 4.48. The first kappa shape index (κ1) is 20.2. The number of ether oxygens (including phenoxy) is 1. The Bertz CT molecular complexity index is 1140. The zero-order valence-corrected chi connectivity index (χ0v) is 17.6. The molecular formula is C20H17BrClN3O3. The summed E-state index contributed by atoms with van der Waals surface area (Å²) in [5.41, 5.74) is 0.819. The van der Waals surface area contributed by atoms with E-state index in [4.69, 9.17) is 16.3 Å². The van der Waals surface area contributed by atoms with Crippen molar-refractivity contribution in [3.8, 4) is 5.75 Å². The van der Waals surface area contributed by atoms with Crippen molar-refractivity contribution in [2.75, 3.05) is 0 Å². The molecule has 8 heteroatoms. The van der Waals surface area contributed by atoms with Crippen LogP contribution in [0.4, 0.5) is 0 Å². The number of hydrogen-bond donors (Lipinski definition) is 0. The second-order valence-electron chi connectivity index (χ2n) is 6.08. The maximum absolute atomic E-state index is 13.0. The number of fused-ring (bicyclic) bond motifs is 1. The van der Waals surface area contributed by atoms with Crippen molar-refractivity contribution in [2.45, 2.75) is 26.7 Å². The van der Waals surface area contributed by atoms with Crippen molar-refractivity contribution in [3.63, 3.8) is 0 Å². The molecule has 0 aliphatic carbocycles. The molecular weight excluding hydrogens is 446 g/mol. The zero-order valence-electron chi connectivity index (χ0n) is 15.3. The highest BCUT2D eigenvalue weighted by Gasteiger charge is 2.11. The average Bonchev–Trinajstić information content (AvgIpc) is 2.64. The number of nitrogens with zero attached hydrogens (tertiary/aromatic N) is 3. The van der Waals surface area contributed by atoms with Crippen molar-refractivity contribution >= 4 is 50.6 Å². The third-order valence-electron chi connectivity index (χ3n) is 3.89. The summed E-state index contributed by atoms with van der Waals surface area (Å²) < 4.78 is 7.24. The van der Waals surface area contributed by atoms with Crippen LogP contribution in [0.1, 0.15) is 31.7 Å². The molecule has 0 amide bonds. The van der Waals surface area contributed by atoms with Crippen molar-refractivity contribution in [2.24, 2.45) is 5.10 Å². The number of benzene rings is 2. The lowest BCUT2D eigenvalue weighted by molar-refractivity contribution is -0.131. The summed E-state index contributed by atoms with van der Waals surface area (Å²) in [6, 6.07) is 10.2. The fourth-order valence-electron chi connectivity index (χ4n) is 2.69. The number of aromatic nitrogens is 2. The number of hydrogen-bond acceptors (Lipinski definition) is 5. The summed E-state index contributed by atoms with van der Waals surface area (Å²) in [5.74, 6) is 0.398. The molecule has 0 aliphatic rings. The molecule has 0 N–H and O–H groups in total. The minimum atomic E-state index is -0.460. The summed E-state index contributed by atoms with van der Waals surface area (Å²) in [4.78, 5) is 28.9. The predicted octanol–water partition coefficient (Wildman–Crippen LogP) is 4.57. The zero-order chi connectivity index (χ0) is 20.3. The average molecular weight is 463 g/mol. The van der Waals surface area contributed by atoms with E-state index in [9.17, 15) is 9.59 Å². The van der Waals surface area contributed by atoms with Crippen LogP contribution >= 0.6 is 27.5 Å². The van der Waals surface area contributed by atoms with Crippen molar-refractivity contribution in [1.29, 1.82) is 0 Å². The molecule has 6 nitrogen and oxygen atoms in total. The van der Waals surface area contributed by atoms with Crippen LogP contribution < -0.4 is 10.3 Å². The molecule has 0 fully saturated rings. The third-order valence-corrected chi connectivity index (χ3v) is 4.62. The van der Waals surface area contributed by atoms with Crippen LogP contribution in [0, 0.1) is 0 Å². The van der Waals surface area contributed by atoms with Gasteiger partial charge in [-0.2, -0.15) is 9.78 Å². The topological polar surface area (TPSA) is 73.6 Å². The number of aryl methyl sites for hydroxylation is 1. The van der Waals surface area contributed by atoms with Crippen LogP contribution in [0.15, 0.2) is 50.8 Å². The molecule has 0 saturated heterocycles. The van der Waals surface area contributed by atoms with E-state index in [-0.39, 0.29) is 5.56 Å². The van der Waals surface area contributed by atoms with Crippen LogP contribution in [-0.4, -0.2) is 21.8 Å². The largest absolute Gasteiger partial charge is 0.426 e. The molecule has 1 heterocycles. The highest BCUT2D eigenvalue weighted by atomic mass is 79.9. The van der Waals surface area contributed by atoms with E-state index >= 15 is 0 Å². The predicted molar refractivity (Wildman–Crippen MR) is 113 cm³/mol. The lowest BCUT2D eigenvalue weighted by Gasteiger charge is -2.09. The van der Waals surface area contributed by atoms with Gasteiger partial charge in [-0.15, -0.1) is 0 Å². The normalized spacial score (nSPS) is 11.3. The minimum Gasteiger partial charge on any atom is -0.426 e. The molecule has 28 heavy (non-hydrogen) atoms. The van der Waals surface area contributed by atoms with Crippen molar-refractivity contribution in [3.05, 3.63) is 67.6 Å². The molecule has 3 aromatic rings. The van der Waals surface area contributed by atoms with E-state index in [1.54, 1.807) is 30.3 Å². The molecule has 0 saturated carbocycles. The molecule has 1 aromatic heterocycles. The first-order chi connectivity index (χ1) is 13.4.